The minimum atomic E-state index is -0.181. The van der Waals surface area contributed by atoms with E-state index in [1.54, 1.807) is 6.07 Å². The fourth-order valence-electron chi connectivity index (χ4n) is 4.42. The molecule has 1 aliphatic rings. The van der Waals surface area contributed by atoms with Gasteiger partial charge in [0.15, 0.2) is 0 Å². The van der Waals surface area contributed by atoms with Gasteiger partial charge < -0.3 is 5.11 Å². The number of rotatable bonds is 5. The Hall–Kier alpha value is -3.21. The molecule has 0 saturated heterocycles. The fraction of sp³-hybridized carbons (Fsp3) is 0.346. The van der Waals surface area contributed by atoms with Crippen LogP contribution in [0.4, 0.5) is 0 Å². The zero-order valence-electron chi connectivity index (χ0n) is 18.9. The van der Waals surface area contributed by atoms with Crippen LogP contribution >= 0.6 is 0 Å². The summed E-state index contributed by atoms with van der Waals surface area (Å²) in [5.41, 5.74) is 6.75. The number of hydrogen-bond acceptors (Lipinski definition) is 4. The molecule has 0 saturated carbocycles. The van der Waals surface area contributed by atoms with Gasteiger partial charge in [0.2, 0.25) is 5.95 Å². The van der Waals surface area contributed by atoms with Crippen LogP contribution in [0.5, 0.6) is 5.75 Å². The largest absolute Gasteiger partial charge is 0.506 e. The van der Waals surface area contributed by atoms with E-state index in [1.165, 1.54) is 17.3 Å². The highest BCUT2D eigenvalue weighted by atomic mass is 16.3. The Bertz CT molecular complexity index is 1120. The first-order chi connectivity index (χ1) is 14.8. The molecule has 3 heterocycles. The normalized spacial score (nSPS) is 16.1. The average Bonchev–Trinajstić information content (AvgIpc) is 3.12. The molecule has 1 atom stereocenters. The maximum atomic E-state index is 9.64. The molecule has 0 spiro atoms. The predicted octanol–water partition coefficient (Wildman–Crippen LogP) is 5.70. The topological polar surface area (TPSA) is 63.8 Å². The van der Waals surface area contributed by atoms with Crippen LogP contribution < -0.4 is 0 Å². The molecule has 1 unspecified atom stereocenters. The standard InChI is InChI=1S/C26H30N4O/c1-17(2)26(5,24-13-12-23(31)16-27-24)22-10-8-20(9-11-22)21-14-28-25(29-15-21)30-18(3)6-7-19(30)4/h6-8,10,12-17,31H,9,11H2,1-5H3. The summed E-state index contributed by atoms with van der Waals surface area (Å²) in [7, 11) is 0. The highest BCUT2D eigenvalue weighted by Crippen LogP contribution is 2.43. The van der Waals surface area contributed by atoms with Crippen molar-refractivity contribution in [3.63, 3.8) is 0 Å². The summed E-state index contributed by atoms with van der Waals surface area (Å²) in [6.07, 6.45) is 11.7. The second-order valence-corrected chi connectivity index (χ2v) is 8.87. The number of allylic oxidation sites excluding steroid dienone is 4. The van der Waals surface area contributed by atoms with E-state index >= 15 is 0 Å². The molecule has 3 aromatic rings. The summed E-state index contributed by atoms with van der Waals surface area (Å²) < 4.78 is 2.07. The molecule has 0 fully saturated rings. The van der Waals surface area contributed by atoms with Gasteiger partial charge in [0.25, 0.3) is 0 Å². The predicted molar refractivity (Wildman–Crippen MR) is 124 cm³/mol. The van der Waals surface area contributed by atoms with E-state index in [0.717, 1.165) is 35.5 Å². The lowest BCUT2D eigenvalue weighted by Gasteiger charge is -2.37. The molecule has 3 aromatic heterocycles. The molecule has 0 bridgehead atoms. The van der Waals surface area contributed by atoms with Crippen molar-refractivity contribution in [3.8, 4) is 11.7 Å². The number of hydrogen-bond donors (Lipinski definition) is 1. The van der Waals surface area contributed by atoms with E-state index in [-0.39, 0.29) is 11.2 Å². The molecule has 31 heavy (non-hydrogen) atoms. The molecule has 0 aliphatic heterocycles. The van der Waals surface area contributed by atoms with Crippen LogP contribution in [0.2, 0.25) is 0 Å². The molecule has 0 radical (unpaired) electrons. The smallest absolute Gasteiger partial charge is 0.234 e. The van der Waals surface area contributed by atoms with Gasteiger partial charge in [0.05, 0.1) is 11.9 Å². The van der Waals surface area contributed by atoms with Crippen molar-refractivity contribution < 1.29 is 5.11 Å². The van der Waals surface area contributed by atoms with E-state index in [2.05, 4.69) is 78.4 Å². The first kappa shape index (κ1) is 21.0. The Morgan fingerprint density at radius 3 is 2.10 bits per heavy atom. The summed E-state index contributed by atoms with van der Waals surface area (Å²) >= 11 is 0. The van der Waals surface area contributed by atoms with E-state index in [0.29, 0.717) is 11.9 Å². The lowest BCUT2D eigenvalue weighted by atomic mass is 9.67. The first-order valence-corrected chi connectivity index (χ1v) is 10.8. The lowest BCUT2D eigenvalue weighted by Crippen LogP contribution is -2.32. The van der Waals surface area contributed by atoms with Crippen molar-refractivity contribution in [1.29, 1.82) is 0 Å². The molecule has 4 rings (SSSR count). The number of aromatic hydroxyl groups is 1. The van der Waals surface area contributed by atoms with Gasteiger partial charge in [-0.3, -0.25) is 9.55 Å². The number of nitrogens with zero attached hydrogens (tertiary/aromatic N) is 4. The minimum absolute atomic E-state index is 0.181. The first-order valence-electron chi connectivity index (χ1n) is 10.8. The minimum Gasteiger partial charge on any atom is -0.506 e. The van der Waals surface area contributed by atoms with Crippen molar-refractivity contribution in [2.45, 2.75) is 52.9 Å². The molecule has 1 aliphatic carbocycles. The Balaban J connectivity index is 1.62. The van der Waals surface area contributed by atoms with Crippen molar-refractivity contribution in [2.24, 2.45) is 5.92 Å². The van der Waals surface area contributed by atoms with Crippen LogP contribution in [0.1, 0.15) is 56.3 Å². The average molecular weight is 415 g/mol. The summed E-state index contributed by atoms with van der Waals surface area (Å²) in [5, 5.41) is 9.64. The van der Waals surface area contributed by atoms with Crippen LogP contribution in [-0.4, -0.2) is 24.6 Å². The van der Waals surface area contributed by atoms with Crippen molar-refractivity contribution in [2.75, 3.05) is 0 Å². The third-order valence-corrected chi connectivity index (χ3v) is 6.73. The van der Waals surface area contributed by atoms with Gasteiger partial charge in [-0.1, -0.05) is 31.6 Å². The molecular weight excluding hydrogens is 384 g/mol. The van der Waals surface area contributed by atoms with Crippen molar-refractivity contribution >= 4 is 5.57 Å². The maximum Gasteiger partial charge on any atom is 0.234 e. The second kappa shape index (κ2) is 8.14. The number of aromatic nitrogens is 4. The SMILES string of the molecule is Cc1ccc(C)n1-c1ncc(C2=CC=C(C(C)(c3ccc(O)cn3)C(C)C)CC2)cn1. The summed E-state index contributed by atoms with van der Waals surface area (Å²) in [5.74, 6) is 1.28. The van der Waals surface area contributed by atoms with Crippen LogP contribution in [0.15, 0.2) is 60.6 Å². The van der Waals surface area contributed by atoms with E-state index < -0.39 is 0 Å². The highest BCUT2D eigenvalue weighted by Gasteiger charge is 2.36. The third-order valence-electron chi connectivity index (χ3n) is 6.73. The highest BCUT2D eigenvalue weighted by molar-refractivity contribution is 5.68. The monoisotopic (exact) mass is 414 g/mol. The van der Waals surface area contributed by atoms with Gasteiger partial charge in [0, 0.05) is 34.8 Å². The van der Waals surface area contributed by atoms with Gasteiger partial charge >= 0.3 is 0 Å². The number of pyridine rings is 1. The zero-order chi connectivity index (χ0) is 22.2. The molecule has 1 N–H and O–H groups in total. The summed E-state index contributed by atoms with van der Waals surface area (Å²) in [4.78, 5) is 13.8. The number of aryl methyl sites for hydroxylation is 2. The van der Waals surface area contributed by atoms with Crippen LogP contribution in [-0.2, 0) is 5.41 Å². The Labute approximate surface area is 184 Å². The molecule has 0 amide bonds. The second-order valence-electron chi connectivity index (χ2n) is 8.87. The third kappa shape index (κ3) is 3.80. The van der Waals surface area contributed by atoms with Crippen LogP contribution in [0.3, 0.4) is 0 Å². The van der Waals surface area contributed by atoms with Gasteiger partial charge in [0.1, 0.15) is 5.75 Å². The van der Waals surface area contributed by atoms with Gasteiger partial charge in [-0.15, -0.1) is 0 Å². The van der Waals surface area contributed by atoms with E-state index in [1.807, 2.05) is 18.5 Å². The van der Waals surface area contributed by atoms with Gasteiger partial charge in [-0.2, -0.15) is 0 Å². The maximum absolute atomic E-state index is 9.64. The Morgan fingerprint density at radius 1 is 0.903 bits per heavy atom. The van der Waals surface area contributed by atoms with Crippen molar-refractivity contribution in [3.05, 3.63) is 83.2 Å². The van der Waals surface area contributed by atoms with Gasteiger partial charge in [-0.25, -0.2) is 9.97 Å². The molecular formula is C26H30N4O. The molecule has 0 aromatic carbocycles. The van der Waals surface area contributed by atoms with E-state index in [9.17, 15) is 5.11 Å². The summed E-state index contributed by atoms with van der Waals surface area (Å²) in [6, 6.07) is 7.82. The molecule has 160 valence electrons. The van der Waals surface area contributed by atoms with Crippen molar-refractivity contribution in [1.82, 2.24) is 19.5 Å². The summed E-state index contributed by atoms with van der Waals surface area (Å²) in [6.45, 7) is 10.8. The zero-order valence-corrected chi connectivity index (χ0v) is 18.9. The quantitative estimate of drug-likeness (QED) is 0.581. The Morgan fingerprint density at radius 2 is 1.58 bits per heavy atom. The lowest BCUT2D eigenvalue weighted by molar-refractivity contribution is 0.374. The van der Waals surface area contributed by atoms with Crippen LogP contribution in [0, 0.1) is 19.8 Å². The van der Waals surface area contributed by atoms with Gasteiger partial charge in [-0.05, 0) is 69.4 Å². The van der Waals surface area contributed by atoms with Crippen LogP contribution in [0.25, 0.3) is 11.5 Å². The van der Waals surface area contributed by atoms with E-state index in [4.69, 9.17) is 0 Å². The molecule has 5 heteroatoms. The fourth-order valence-corrected chi connectivity index (χ4v) is 4.42. The molecule has 5 nitrogen and oxygen atoms in total. The Kier molecular flexibility index (Phi) is 5.52.